The fraction of sp³-hybridized carbons (Fsp3) is 0.231. The number of aryl methyl sites for hydroxylation is 1. The van der Waals surface area contributed by atoms with E-state index in [1.165, 1.54) is 12.3 Å². The van der Waals surface area contributed by atoms with Gasteiger partial charge >= 0.3 is 0 Å². The minimum atomic E-state index is -0.352. The largest absolute Gasteiger partial charge is 0.376 e. The smallest absolute Gasteiger partial charge is 0.152 e. The van der Waals surface area contributed by atoms with E-state index in [4.69, 9.17) is 11.6 Å². The van der Waals surface area contributed by atoms with Crippen molar-refractivity contribution in [3.63, 3.8) is 0 Å². The van der Waals surface area contributed by atoms with Gasteiger partial charge in [-0.05, 0) is 37.1 Å². The van der Waals surface area contributed by atoms with Gasteiger partial charge in [-0.15, -0.1) is 0 Å². The molecule has 0 aromatic carbocycles. The highest BCUT2D eigenvalue weighted by Crippen LogP contribution is 2.27. The van der Waals surface area contributed by atoms with Crippen LogP contribution in [0.1, 0.15) is 24.1 Å². The number of nitrogens with one attached hydrogen (secondary N) is 1. The summed E-state index contributed by atoms with van der Waals surface area (Å²) in [4.78, 5) is 7.85. The molecule has 0 bridgehead atoms. The van der Waals surface area contributed by atoms with Gasteiger partial charge in [0.05, 0.1) is 17.9 Å². The lowest BCUT2D eigenvalue weighted by Gasteiger charge is -2.17. The molecule has 2 aromatic rings. The van der Waals surface area contributed by atoms with Crippen LogP contribution in [0.4, 0.5) is 10.1 Å². The summed E-state index contributed by atoms with van der Waals surface area (Å²) in [5.41, 5.74) is 2.51. The Morgan fingerprint density at radius 2 is 2.17 bits per heavy atom. The number of hydrogen-bond donors (Lipinski definition) is 1. The van der Waals surface area contributed by atoms with E-state index in [0.29, 0.717) is 5.15 Å². The van der Waals surface area contributed by atoms with Gasteiger partial charge in [0, 0.05) is 12.4 Å². The Morgan fingerprint density at radius 3 is 2.83 bits per heavy atom. The van der Waals surface area contributed by atoms with Crippen molar-refractivity contribution in [3.8, 4) is 0 Å². The molecule has 0 spiro atoms. The van der Waals surface area contributed by atoms with Crippen LogP contribution in [0.2, 0.25) is 5.15 Å². The Bertz CT molecular complexity index is 539. The van der Waals surface area contributed by atoms with Gasteiger partial charge in [-0.3, -0.25) is 4.98 Å². The molecular formula is C13H13ClFN3. The second-order valence-electron chi connectivity index (χ2n) is 4.10. The first-order chi connectivity index (χ1) is 8.58. The van der Waals surface area contributed by atoms with Crippen LogP contribution in [0.5, 0.6) is 0 Å². The van der Waals surface area contributed by atoms with E-state index in [0.717, 1.165) is 16.8 Å². The molecule has 0 radical (unpaired) electrons. The van der Waals surface area contributed by atoms with Crippen molar-refractivity contribution in [2.24, 2.45) is 0 Å². The second-order valence-corrected chi connectivity index (χ2v) is 4.45. The van der Waals surface area contributed by atoms with Gasteiger partial charge in [0.2, 0.25) is 0 Å². The van der Waals surface area contributed by atoms with Crippen LogP contribution in [-0.2, 0) is 0 Å². The van der Waals surface area contributed by atoms with Crippen molar-refractivity contribution in [2.45, 2.75) is 19.9 Å². The van der Waals surface area contributed by atoms with Crippen LogP contribution < -0.4 is 5.32 Å². The van der Waals surface area contributed by atoms with Crippen LogP contribution in [0.25, 0.3) is 0 Å². The van der Waals surface area contributed by atoms with E-state index in [1.54, 1.807) is 12.4 Å². The predicted molar refractivity (Wildman–Crippen MR) is 70.2 cm³/mol. The number of nitrogens with zero attached hydrogens (tertiary/aromatic N) is 2. The molecule has 1 unspecified atom stereocenters. The average Bonchev–Trinajstić information content (AvgIpc) is 2.34. The Morgan fingerprint density at radius 1 is 1.39 bits per heavy atom. The lowest BCUT2D eigenvalue weighted by molar-refractivity contribution is 0.616. The topological polar surface area (TPSA) is 37.8 Å². The van der Waals surface area contributed by atoms with Gasteiger partial charge in [0.15, 0.2) is 5.15 Å². The Balaban J connectivity index is 2.24. The summed E-state index contributed by atoms with van der Waals surface area (Å²) < 4.78 is 13.1. The summed E-state index contributed by atoms with van der Waals surface area (Å²) >= 11 is 6.03. The highest BCUT2D eigenvalue weighted by Gasteiger charge is 2.11. The van der Waals surface area contributed by atoms with E-state index in [9.17, 15) is 4.39 Å². The molecule has 1 N–H and O–H groups in total. The molecule has 0 saturated carbocycles. The number of pyridine rings is 2. The maximum absolute atomic E-state index is 13.1. The van der Waals surface area contributed by atoms with Gasteiger partial charge in [-0.25, -0.2) is 9.37 Å². The molecule has 2 heterocycles. The standard InChI is InChI=1S/C13H13ClFN3/c1-8-3-4-17-13(14)12(8)18-9(2)10-5-11(15)7-16-6-10/h3-7,9,18H,1-2H3. The molecule has 0 aliphatic carbocycles. The number of anilines is 1. The molecule has 2 rings (SSSR count). The maximum Gasteiger partial charge on any atom is 0.152 e. The Kier molecular flexibility index (Phi) is 3.77. The summed E-state index contributed by atoms with van der Waals surface area (Å²) in [6, 6.07) is 3.21. The van der Waals surface area contributed by atoms with Gasteiger partial charge < -0.3 is 5.32 Å². The molecule has 0 amide bonds. The van der Waals surface area contributed by atoms with Crippen LogP contribution in [0.15, 0.2) is 30.7 Å². The van der Waals surface area contributed by atoms with Crippen molar-refractivity contribution < 1.29 is 4.39 Å². The molecular weight excluding hydrogens is 253 g/mol. The lowest BCUT2D eigenvalue weighted by Crippen LogP contribution is -2.09. The summed E-state index contributed by atoms with van der Waals surface area (Å²) in [5, 5.41) is 3.63. The third-order valence-electron chi connectivity index (χ3n) is 2.70. The highest BCUT2D eigenvalue weighted by molar-refractivity contribution is 6.32. The first-order valence-electron chi connectivity index (χ1n) is 5.56. The molecule has 0 aliphatic heterocycles. The molecule has 0 saturated heterocycles. The molecule has 1 atom stereocenters. The van der Waals surface area contributed by atoms with Gasteiger partial charge in [0.25, 0.3) is 0 Å². The van der Waals surface area contributed by atoms with Crippen molar-refractivity contribution in [1.29, 1.82) is 0 Å². The summed E-state index contributed by atoms with van der Waals surface area (Å²) in [6.45, 7) is 3.85. The maximum atomic E-state index is 13.1. The molecule has 0 fully saturated rings. The zero-order valence-corrected chi connectivity index (χ0v) is 10.9. The third kappa shape index (κ3) is 2.76. The van der Waals surface area contributed by atoms with Crippen molar-refractivity contribution in [1.82, 2.24) is 9.97 Å². The third-order valence-corrected chi connectivity index (χ3v) is 2.99. The zero-order chi connectivity index (χ0) is 13.1. The summed E-state index contributed by atoms with van der Waals surface area (Å²) in [6.07, 6.45) is 4.45. The van der Waals surface area contributed by atoms with Crippen molar-refractivity contribution >= 4 is 17.3 Å². The van der Waals surface area contributed by atoms with E-state index in [-0.39, 0.29) is 11.9 Å². The molecule has 0 aliphatic rings. The van der Waals surface area contributed by atoms with Crippen LogP contribution >= 0.6 is 11.6 Å². The Hall–Kier alpha value is -1.68. The number of hydrogen-bond acceptors (Lipinski definition) is 3. The monoisotopic (exact) mass is 265 g/mol. The predicted octanol–water partition coefficient (Wildman–Crippen LogP) is 3.75. The van der Waals surface area contributed by atoms with Crippen LogP contribution in [0.3, 0.4) is 0 Å². The number of halogens is 2. The number of rotatable bonds is 3. The second kappa shape index (κ2) is 5.31. The molecule has 18 heavy (non-hydrogen) atoms. The SMILES string of the molecule is Cc1ccnc(Cl)c1NC(C)c1cncc(F)c1. The first kappa shape index (κ1) is 12.8. The minimum Gasteiger partial charge on any atom is -0.376 e. The zero-order valence-electron chi connectivity index (χ0n) is 10.1. The lowest BCUT2D eigenvalue weighted by atomic mass is 10.1. The quantitative estimate of drug-likeness (QED) is 0.859. The van der Waals surface area contributed by atoms with Gasteiger partial charge in [-0.2, -0.15) is 0 Å². The molecule has 5 heteroatoms. The van der Waals surface area contributed by atoms with E-state index in [2.05, 4.69) is 15.3 Å². The average molecular weight is 266 g/mol. The van der Waals surface area contributed by atoms with Gasteiger partial charge in [-0.1, -0.05) is 11.6 Å². The molecule has 94 valence electrons. The summed E-state index contributed by atoms with van der Waals surface area (Å²) in [5.74, 6) is -0.352. The normalized spacial score (nSPS) is 12.2. The van der Waals surface area contributed by atoms with Crippen LogP contribution in [0, 0.1) is 12.7 Å². The van der Waals surface area contributed by atoms with Crippen molar-refractivity contribution in [3.05, 3.63) is 52.8 Å². The van der Waals surface area contributed by atoms with E-state index >= 15 is 0 Å². The first-order valence-corrected chi connectivity index (χ1v) is 5.94. The Labute approximate surface area is 110 Å². The fourth-order valence-electron chi connectivity index (χ4n) is 1.66. The summed E-state index contributed by atoms with van der Waals surface area (Å²) in [7, 11) is 0. The van der Waals surface area contributed by atoms with E-state index in [1.807, 2.05) is 19.9 Å². The molecule has 2 aromatic heterocycles. The van der Waals surface area contributed by atoms with Crippen LogP contribution in [-0.4, -0.2) is 9.97 Å². The van der Waals surface area contributed by atoms with E-state index < -0.39 is 0 Å². The van der Waals surface area contributed by atoms with Crippen molar-refractivity contribution in [2.75, 3.05) is 5.32 Å². The fourth-order valence-corrected chi connectivity index (χ4v) is 1.92. The highest BCUT2D eigenvalue weighted by atomic mass is 35.5. The minimum absolute atomic E-state index is 0.103. The molecule has 3 nitrogen and oxygen atoms in total. The number of aromatic nitrogens is 2. The van der Waals surface area contributed by atoms with Gasteiger partial charge in [0.1, 0.15) is 5.82 Å².